The topological polar surface area (TPSA) is 237 Å². The fourth-order valence-corrected chi connectivity index (χ4v) is 12.0. The lowest BCUT2D eigenvalue weighted by atomic mass is 10.00. The van der Waals surface area contributed by atoms with Crippen LogP contribution in [0.4, 0.5) is 0 Å². The number of esters is 4. The van der Waals surface area contributed by atoms with Gasteiger partial charge in [-0.2, -0.15) is 0 Å². The molecule has 6 atom stereocenters. The predicted octanol–water partition coefficient (Wildman–Crippen LogP) is 19.7. The third-order valence-corrected chi connectivity index (χ3v) is 18.3. The van der Waals surface area contributed by atoms with Gasteiger partial charge in [-0.05, 0) is 49.4 Å². The van der Waals surface area contributed by atoms with Crippen LogP contribution in [0.2, 0.25) is 0 Å². The Balaban J connectivity index is 5.13. The molecule has 0 saturated carbocycles. The number of carbonyl (C=O) groups is 4. The first-order valence-corrected chi connectivity index (χ1v) is 39.2. The van der Waals surface area contributed by atoms with E-state index in [1.54, 1.807) is 0 Å². The first kappa shape index (κ1) is 87.1. The number of aliphatic hydroxyl groups is 1. The summed E-state index contributed by atoms with van der Waals surface area (Å²) in [5, 5.41) is 10.6. The van der Waals surface area contributed by atoms with Crippen LogP contribution in [0, 0.1) is 23.7 Å². The maximum absolute atomic E-state index is 13.0. The molecule has 0 aliphatic carbocycles. The second-order valence-corrected chi connectivity index (χ2v) is 29.8. The minimum Gasteiger partial charge on any atom is -0.462 e. The average Bonchev–Trinajstić information content (AvgIpc) is 3.69. The van der Waals surface area contributed by atoms with Gasteiger partial charge < -0.3 is 33.8 Å². The molecule has 3 N–H and O–H groups in total. The van der Waals surface area contributed by atoms with Gasteiger partial charge in [-0.25, -0.2) is 9.13 Å². The molecule has 0 rings (SSSR count). The molecule has 0 spiro atoms. The van der Waals surface area contributed by atoms with Gasteiger partial charge in [0.15, 0.2) is 12.2 Å². The predicted molar refractivity (Wildman–Crippen MR) is 358 cm³/mol. The molecule has 17 nitrogen and oxygen atoms in total. The highest BCUT2D eigenvalue weighted by Gasteiger charge is 2.30. The summed E-state index contributed by atoms with van der Waals surface area (Å²) in [5.41, 5.74) is 0. The monoisotopic (exact) mass is 1310 g/mol. The maximum Gasteiger partial charge on any atom is 0.472 e. The van der Waals surface area contributed by atoms with Crippen molar-refractivity contribution in [2.45, 2.75) is 363 Å². The van der Waals surface area contributed by atoms with Gasteiger partial charge in [-0.3, -0.25) is 37.3 Å². The molecule has 528 valence electrons. The second kappa shape index (κ2) is 59.8. The van der Waals surface area contributed by atoms with Gasteiger partial charge >= 0.3 is 39.5 Å². The van der Waals surface area contributed by atoms with Crippen molar-refractivity contribution in [2.24, 2.45) is 23.7 Å². The standard InChI is InChI=1S/C70H136O17P2/c1-9-63(8)49-41-33-26-29-35-43-51-68(73)81-57-66(87-70(75)53-45-37-28-25-32-40-48-62(6)7)59-85-89(78,79)83-55-64(71)54-82-88(76,77)84-58-65(56-80-67(72)50-42-34-27-24-31-39-47-61(4)5)86-69(74)52-44-36-23-21-19-17-15-13-11-10-12-14-16-18-20-22-30-38-46-60(2)3/h60-66,71H,9-59H2,1-8H3,(H,76,77)(H,78,79)/t63?,64-,65-,66-/m1/s1. The summed E-state index contributed by atoms with van der Waals surface area (Å²) < 4.78 is 68.1. The van der Waals surface area contributed by atoms with Crippen molar-refractivity contribution in [3.63, 3.8) is 0 Å². The summed E-state index contributed by atoms with van der Waals surface area (Å²) >= 11 is 0. The molecule has 3 unspecified atom stereocenters. The number of phosphoric ester groups is 2. The van der Waals surface area contributed by atoms with Crippen LogP contribution in [0.5, 0.6) is 0 Å². The third-order valence-electron chi connectivity index (χ3n) is 16.4. The Morgan fingerprint density at radius 2 is 0.539 bits per heavy atom. The van der Waals surface area contributed by atoms with Gasteiger partial charge in [0.05, 0.1) is 26.4 Å². The van der Waals surface area contributed by atoms with E-state index in [0.29, 0.717) is 37.5 Å². The fourth-order valence-electron chi connectivity index (χ4n) is 10.5. The minimum absolute atomic E-state index is 0.101. The van der Waals surface area contributed by atoms with E-state index >= 15 is 0 Å². The van der Waals surface area contributed by atoms with E-state index in [9.17, 15) is 43.2 Å². The van der Waals surface area contributed by atoms with Crippen LogP contribution in [0.25, 0.3) is 0 Å². The minimum atomic E-state index is -4.95. The number of ether oxygens (including phenoxy) is 4. The third kappa shape index (κ3) is 63.2. The number of phosphoric acid groups is 2. The van der Waals surface area contributed by atoms with E-state index in [1.807, 2.05) is 0 Å². The lowest BCUT2D eigenvalue weighted by Crippen LogP contribution is -2.30. The molecule has 0 aromatic heterocycles. The van der Waals surface area contributed by atoms with Crippen LogP contribution < -0.4 is 0 Å². The Labute approximate surface area is 543 Å². The number of rotatable bonds is 67. The second-order valence-electron chi connectivity index (χ2n) is 26.9. The summed E-state index contributed by atoms with van der Waals surface area (Å²) in [6, 6.07) is 0. The Hall–Kier alpha value is -1.94. The first-order chi connectivity index (χ1) is 42.6. The van der Waals surface area contributed by atoms with E-state index in [2.05, 4.69) is 55.4 Å². The highest BCUT2D eigenvalue weighted by Crippen LogP contribution is 2.45. The lowest BCUT2D eigenvalue weighted by molar-refractivity contribution is -0.161. The average molecular weight is 1310 g/mol. The van der Waals surface area contributed by atoms with Crippen molar-refractivity contribution in [1.29, 1.82) is 0 Å². The molecule has 0 aliphatic heterocycles. The summed E-state index contributed by atoms with van der Waals surface area (Å²) in [6.45, 7) is 14.0. The number of hydrogen-bond acceptors (Lipinski definition) is 15. The Kier molecular flexibility index (Phi) is 58.5. The molecular formula is C70H136O17P2. The van der Waals surface area contributed by atoms with Crippen molar-refractivity contribution >= 4 is 39.5 Å². The van der Waals surface area contributed by atoms with Crippen LogP contribution in [0.15, 0.2) is 0 Å². The molecule has 0 aliphatic rings. The summed E-state index contributed by atoms with van der Waals surface area (Å²) in [7, 11) is -9.90. The normalized spacial score (nSPS) is 14.6. The van der Waals surface area contributed by atoms with E-state index in [0.717, 1.165) is 115 Å². The number of aliphatic hydroxyl groups excluding tert-OH is 1. The highest BCUT2D eigenvalue weighted by molar-refractivity contribution is 7.47. The number of unbranched alkanes of at least 4 members (excludes halogenated alkanes) is 32. The maximum atomic E-state index is 13.0. The SMILES string of the molecule is CCC(C)CCCCCCCCC(=O)OC[C@H](COP(=O)(O)OC[C@H](O)COP(=O)(O)OC[C@@H](COC(=O)CCCCCCCCC(C)C)OC(=O)CCCCCCCCCCCCCCCCCCCCC(C)C)OC(=O)CCCCCCCCC(C)C. The van der Waals surface area contributed by atoms with Gasteiger partial charge in [-0.1, -0.05) is 293 Å². The molecular weight excluding hydrogens is 1170 g/mol. The highest BCUT2D eigenvalue weighted by atomic mass is 31.2. The summed E-state index contributed by atoms with van der Waals surface area (Å²) in [6.07, 6.45) is 42.3. The van der Waals surface area contributed by atoms with Gasteiger partial charge in [0, 0.05) is 25.7 Å². The van der Waals surface area contributed by atoms with Crippen molar-refractivity contribution < 1.29 is 80.2 Å². The Morgan fingerprint density at radius 1 is 0.315 bits per heavy atom. The summed E-state index contributed by atoms with van der Waals surface area (Å²) in [5.74, 6) is 0.762. The summed E-state index contributed by atoms with van der Waals surface area (Å²) in [4.78, 5) is 72.4. The van der Waals surface area contributed by atoms with Crippen LogP contribution in [-0.2, 0) is 65.4 Å². The molecule has 0 amide bonds. The largest absolute Gasteiger partial charge is 0.472 e. The quantitative estimate of drug-likeness (QED) is 0.0222. The van der Waals surface area contributed by atoms with E-state index in [1.165, 1.54) is 135 Å². The zero-order valence-electron chi connectivity index (χ0n) is 58.1. The molecule has 0 bridgehead atoms. The van der Waals surface area contributed by atoms with Crippen LogP contribution in [0.3, 0.4) is 0 Å². The van der Waals surface area contributed by atoms with Crippen LogP contribution in [0.1, 0.15) is 344 Å². The smallest absolute Gasteiger partial charge is 0.462 e. The van der Waals surface area contributed by atoms with Crippen molar-refractivity contribution in [3.8, 4) is 0 Å². The molecule has 19 heteroatoms. The Bertz CT molecular complexity index is 1770. The molecule has 0 radical (unpaired) electrons. The van der Waals surface area contributed by atoms with Gasteiger partial charge in [0.2, 0.25) is 0 Å². The van der Waals surface area contributed by atoms with Crippen LogP contribution in [-0.4, -0.2) is 96.7 Å². The van der Waals surface area contributed by atoms with Gasteiger partial charge in [-0.15, -0.1) is 0 Å². The number of hydrogen-bond donors (Lipinski definition) is 3. The van der Waals surface area contributed by atoms with E-state index < -0.39 is 97.5 Å². The van der Waals surface area contributed by atoms with Crippen molar-refractivity contribution in [2.75, 3.05) is 39.6 Å². The lowest BCUT2D eigenvalue weighted by Gasteiger charge is -2.21. The molecule has 0 aromatic rings. The van der Waals surface area contributed by atoms with E-state index in [-0.39, 0.29) is 25.7 Å². The molecule has 0 fully saturated rings. The Morgan fingerprint density at radius 3 is 0.798 bits per heavy atom. The molecule has 89 heavy (non-hydrogen) atoms. The zero-order valence-corrected chi connectivity index (χ0v) is 59.8. The van der Waals surface area contributed by atoms with Gasteiger partial charge in [0.1, 0.15) is 19.3 Å². The zero-order chi connectivity index (χ0) is 66.1. The molecule has 0 aromatic carbocycles. The molecule has 0 heterocycles. The number of carbonyl (C=O) groups excluding carboxylic acids is 4. The molecule has 0 saturated heterocycles. The fraction of sp³-hybridized carbons (Fsp3) is 0.943. The van der Waals surface area contributed by atoms with Crippen LogP contribution >= 0.6 is 15.6 Å². The van der Waals surface area contributed by atoms with Gasteiger partial charge in [0.25, 0.3) is 0 Å². The van der Waals surface area contributed by atoms with Crippen molar-refractivity contribution in [1.82, 2.24) is 0 Å². The van der Waals surface area contributed by atoms with Crippen molar-refractivity contribution in [3.05, 3.63) is 0 Å². The van der Waals surface area contributed by atoms with E-state index in [4.69, 9.17) is 37.0 Å². The first-order valence-electron chi connectivity index (χ1n) is 36.2.